The van der Waals surface area contributed by atoms with Gasteiger partial charge in [-0.3, -0.25) is 4.79 Å². The van der Waals surface area contributed by atoms with Gasteiger partial charge in [0.2, 0.25) is 5.91 Å². The molecule has 0 saturated carbocycles. The minimum atomic E-state index is -0.0637. The highest BCUT2D eigenvalue weighted by atomic mass is 35.5. The zero-order valence-corrected chi connectivity index (χ0v) is 8.95. The van der Waals surface area contributed by atoms with Crippen molar-refractivity contribution in [3.05, 3.63) is 12.2 Å². The predicted molar refractivity (Wildman–Crippen MR) is 52.9 cm³/mol. The molecule has 0 fully saturated rings. The van der Waals surface area contributed by atoms with Crippen LogP contribution in [0.3, 0.4) is 0 Å². The third-order valence-corrected chi connectivity index (χ3v) is 1.82. The second kappa shape index (κ2) is 4.95. The van der Waals surface area contributed by atoms with Gasteiger partial charge in [-0.2, -0.15) is 0 Å². The molecule has 0 radical (unpaired) electrons. The van der Waals surface area contributed by atoms with Crippen LogP contribution in [0.1, 0.15) is 19.7 Å². The zero-order chi connectivity index (χ0) is 10.6. The topological polar surface area (TPSA) is 59.8 Å². The Hall–Kier alpha value is -1.10. The molecule has 0 spiro atoms. The summed E-state index contributed by atoms with van der Waals surface area (Å²) in [5.41, 5.74) is 0. The van der Waals surface area contributed by atoms with Gasteiger partial charge in [-0.1, -0.05) is 0 Å². The molecule has 1 N–H and O–H groups in total. The summed E-state index contributed by atoms with van der Waals surface area (Å²) in [7, 11) is 0. The molecule has 0 unspecified atom stereocenters. The molecule has 1 aromatic rings. The van der Waals surface area contributed by atoms with Crippen LogP contribution in [0.4, 0.5) is 0 Å². The fourth-order valence-corrected chi connectivity index (χ4v) is 1.24. The third-order valence-electron chi connectivity index (χ3n) is 1.58. The van der Waals surface area contributed by atoms with E-state index in [1.54, 1.807) is 4.57 Å². The second-order valence-corrected chi connectivity index (χ2v) is 3.50. The second-order valence-electron chi connectivity index (χ2n) is 3.23. The van der Waals surface area contributed by atoms with Gasteiger partial charge in [0.05, 0.1) is 5.88 Å². The van der Waals surface area contributed by atoms with Gasteiger partial charge in [-0.15, -0.1) is 21.8 Å². The lowest BCUT2D eigenvalue weighted by Crippen LogP contribution is -2.33. The van der Waals surface area contributed by atoms with E-state index in [2.05, 4.69) is 15.5 Å². The molecule has 78 valence electrons. The quantitative estimate of drug-likeness (QED) is 0.748. The molecule has 0 aliphatic rings. The lowest BCUT2D eigenvalue weighted by molar-refractivity contribution is -0.122. The van der Waals surface area contributed by atoms with Crippen molar-refractivity contribution in [1.82, 2.24) is 20.1 Å². The van der Waals surface area contributed by atoms with Crippen molar-refractivity contribution in [2.24, 2.45) is 0 Å². The molecule has 0 aromatic carbocycles. The van der Waals surface area contributed by atoms with Crippen LogP contribution < -0.4 is 5.32 Å². The first kappa shape index (κ1) is 11.0. The fourth-order valence-electron chi connectivity index (χ4n) is 1.04. The molecule has 6 heteroatoms. The van der Waals surface area contributed by atoms with Crippen molar-refractivity contribution in [2.45, 2.75) is 32.3 Å². The third kappa shape index (κ3) is 2.99. The van der Waals surface area contributed by atoms with E-state index in [0.29, 0.717) is 5.82 Å². The molecule has 5 nitrogen and oxygen atoms in total. The highest BCUT2D eigenvalue weighted by molar-refractivity contribution is 6.16. The number of alkyl halides is 1. The molecule has 14 heavy (non-hydrogen) atoms. The number of aromatic nitrogens is 3. The summed E-state index contributed by atoms with van der Waals surface area (Å²) in [5, 5.41) is 10.2. The lowest BCUT2D eigenvalue weighted by atomic mass is 10.4. The maximum absolute atomic E-state index is 11.4. The van der Waals surface area contributed by atoms with Crippen molar-refractivity contribution in [1.29, 1.82) is 0 Å². The van der Waals surface area contributed by atoms with Crippen molar-refractivity contribution in [3.63, 3.8) is 0 Å². The van der Waals surface area contributed by atoms with Crippen LogP contribution >= 0.6 is 11.6 Å². The molecule has 0 atom stereocenters. The summed E-state index contributed by atoms with van der Waals surface area (Å²) < 4.78 is 1.63. The first-order chi connectivity index (χ1) is 6.63. The van der Waals surface area contributed by atoms with E-state index in [1.807, 2.05) is 13.8 Å². The number of nitrogens with zero attached hydrogens (tertiary/aromatic N) is 3. The molecule has 0 bridgehead atoms. The molecule has 1 heterocycles. The molecule has 0 aliphatic heterocycles. The van der Waals surface area contributed by atoms with Gasteiger partial charge in [0.1, 0.15) is 18.7 Å². The smallest absolute Gasteiger partial charge is 0.240 e. The minimum Gasteiger partial charge on any atom is -0.352 e. The average Bonchev–Trinajstić information content (AvgIpc) is 2.50. The number of carbonyl (C=O) groups excluding carboxylic acids is 1. The maximum atomic E-state index is 11.4. The standard InChI is InChI=1S/C8H13ClN4O/c1-6(2)11-8(14)4-13-5-10-12-7(13)3-9/h5-6H,3-4H2,1-2H3,(H,11,14). The number of hydrogen-bond acceptors (Lipinski definition) is 3. The monoisotopic (exact) mass is 216 g/mol. The minimum absolute atomic E-state index is 0.0637. The summed E-state index contributed by atoms with van der Waals surface area (Å²) in [6.07, 6.45) is 1.50. The average molecular weight is 217 g/mol. The molecule has 1 aromatic heterocycles. The number of amides is 1. The zero-order valence-electron chi connectivity index (χ0n) is 8.20. The first-order valence-corrected chi connectivity index (χ1v) is 4.89. The van der Waals surface area contributed by atoms with Gasteiger partial charge in [0.15, 0.2) is 0 Å². The number of nitrogens with one attached hydrogen (secondary N) is 1. The van der Waals surface area contributed by atoms with Gasteiger partial charge in [0.25, 0.3) is 0 Å². The Kier molecular flexibility index (Phi) is 3.88. The maximum Gasteiger partial charge on any atom is 0.240 e. The molecular formula is C8H13ClN4O. The number of hydrogen-bond donors (Lipinski definition) is 1. The van der Waals surface area contributed by atoms with E-state index >= 15 is 0 Å². The molecule has 0 aliphatic carbocycles. The number of rotatable bonds is 4. The van der Waals surface area contributed by atoms with Crippen molar-refractivity contribution < 1.29 is 4.79 Å². The van der Waals surface area contributed by atoms with E-state index in [-0.39, 0.29) is 24.4 Å². The van der Waals surface area contributed by atoms with Crippen LogP contribution in [0.2, 0.25) is 0 Å². The van der Waals surface area contributed by atoms with Gasteiger partial charge in [0, 0.05) is 6.04 Å². The Morgan fingerprint density at radius 2 is 2.43 bits per heavy atom. The number of halogens is 1. The summed E-state index contributed by atoms with van der Waals surface area (Å²) >= 11 is 5.61. The largest absolute Gasteiger partial charge is 0.352 e. The van der Waals surface area contributed by atoms with Crippen LogP contribution in [-0.2, 0) is 17.2 Å². The molecule has 0 saturated heterocycles. The van der Waals surface area contributed by atoms with Crippen LogP contribution in [0.15, 0.2) is 6.33 Å². The van der Waals surface area contributed by atoms with E-state index in [9.17, 15) is 4.79 Å². The summed E-state index contributed by atoms with van der Waals surface area (Å²) in [5.74, 6) is 0.798. The molecule has 1 amide bonds. The van der Waals surface area contributed by atoms with Crippen molar-refractivity contribution in [3.8, 4) is 0 Å². The Bertz CT molecular complexity index is 310. The van der Waals surface area contributed by atoms with Crippen LogP contribution in [0, 0.1) is 0 Å². The number of carbonyl (C=O) groups is 1. The van der Waals surface area contributed by atoms with Crippen LogP contribution in [-0.4, -0.2) is 26.7 Å². The predicted octanol–water partition coefficient (Wildman–Crippen LogP) is 0.541. The van der Waals surface area contributed by atoms with Crippen LogP contribution in [0.25, 0.3) is 0 Å². The Labute approximate surface area is 87.5 Å². The Morgan fingerprint density at radius 1 is 1.71 bits per heavy atom. The van der Waals surface area contributed by atoms with Crippen LogP contribution in [0.5, 0.6) is 0 Å². The van der Waals surface area contributed by atoms with E-state index in [4.69, 9.17) is 11.6 Å². The van der Waals surface area contributed by atoms with Gasteiger partial charge < -0.3 is 9.88 Å². The van der Waals surface area contributed by atoms with Crippen molar-refractivity contribution >= 4 is 17.5 Å². The summed E-state index contributed by atoms with van der Waals surface area (Å²) in [6.45, 7) is 4.03. The SMILES string of the molecule is CC(C)NC(=O)Cn1cnnc1CCl. The highest BCUT2D eigenvalue weighted by Gasteiger charge is 2.08. The normalized spacial score (nSPS) is 10.6. The molecular weight excluding hydrogens is 204 g/mol. The summed E-state index contributed by atoms with van der Waals surface area (Å²) in [6, 6.07) is 0.137. The fraction of sp³-hybridized carbons (Fsp3) is 0.625. The van der Waals surface area contributed by atoms with Gasteiger partial charge >= 0.3 is 0 Å². The lowest BCUT2D eigenvalue weighted by Gasteiger charge is -2.09. The Balaban J connectivity index is 2.55. The van der Waals surface area contributed by atoms with E-state index in [0.717, 1.165) is 0 Å². The Morgan fingerprint density at radius 3 is 3.00 bits per heavy atom. The van der Waals surface area contributed by atoms with E-state index < -0.39 is 0 Å². The molecule has 1 rings (SSSR count). The van der Waals surface area contributed by atoms with E-state index in [1.165, 1.54) is 6.33 Å². The van der Waals surface area contributed by atoms with Gasteiger partial charge in [-0.25, -0.2) is 0 Å². The first-order valence-electron chi connectivity index (χ1n) is 4.35. The highest BCUT2D eigenvalue weighted by Crippen LogP contribution is 1.98. The summed E-state index contributed by atoms with van der Waals surface area (Å²) in [4.78, 5) is 11.4. The van der Waals surface area contributed by atoms with Crippen molar-refractivity contribution in [2.75, 3.05) is 0 Å². The van der Waals surface area contributed by atoms with Gasteiger partial charge in [-0.05, 0) is 13.8 Å².